The van der Waals surface area contributed by atoms with Crippen molar-refractivity contribution in [2.24, 2.45) is 0 Å². The predicted octanol–water partition coefficient (Wildman–Crippen LogP) is 8.44. The van der Waals surface area contributed by atoms with Gasteiger partial charge in [-0.3, -0.25) is 0 Å². The molecule has 0 heterocycles. The third-order valence-electron chi connectivity index (χ3n) is 7.32. The summed E-state index contributed by atoms with van der Waals surface area (Å²) in [5, 5.41) is 16.6. The third-order valence-corrected chi connectivity index (χ3v) is 7.32. The third kappa shape index (κ3) is 1.70. The molecule has 0 heteroatoms. The van der Waals surface area contributed by atoms with Gasteiger partial charge in [-0.15, -0.1) is 0 Å². The van der Waals surface area contributed by atoms with Crippen molar-refractivity contribution in [3.8, 4) is 0 Å². The number of allylic oxidation sites excluding steroid dienone is 1. The second-order valence-corrected chi connectivity index (χ2v) is 8.86. The van der Waals surface area contributed by atoms with Gasteiger partial charge in [-0.2, -0.15) is 0 Å². The second-order valence-electron chi connectivity index (χ2n) is 8.86. The number of hydrogen-bond donors (Lipinski definition) is 0. The van der Waals surface area contributed by atoms with Crippen LogP contribution in [0.4, 0.5) is 0 Å². The summed E-state index contributed by atoms with van der Waals surface area (Å²) in [5.41, 5.74) is 2.92. The molecule has 0 saturated heterocycles. The average Bonchev–Trinajstić information content (AvgIpc) is 2.80. The van der Waals surface area contributed by atoms with E-state index in [0.29, 0.717) is 0 Å². The van der Waals surface area contributed by atoms with Crippen LogP contribution in [-0.4, -0.2) is 0 Å². The quantitative estimate of drug-likeness (QED) is 0.183. The standard InChI is InChI=1S/C30H18/c1-3-7-23-17(5-1)13-19-9-11-22-16-26-24-8-4-2-6-18(24)14-20-10-12-21-15-25(23)27(19)29(22)30(21)28(20)26/h1,3-5,7-16H,2,6H2. The first kappa shape index (κ1) is 15.2. The van der Waals surface area contributed by atoms with Gasteiger partial charge >= 0.3 is 0 Å². The van der Waals surface area contributed by atoms with E-state index in [9.17, 15) is 0 Å². The van der Waals surface area contributed by atoms with Crippen LogP contribution in [0.1, 0.15) is 17.5 Å². The van der Waals surface area contributed by atoms with Gasteiger partial charge in [0, 0.05) is 0 Å². The van der Waals surface area contributed by atoms with E-state index in [1.807, 2.05) is 0 Å². The molecule has 0 amide bonds. The number of rotatable bonds is 0. The van der Waals surface area contributed by atoms with Crippen LogP contribution in [0.15, 0.2) is 78.9 Å². The first-order valence-electron chi connectivity index (χ1n) is 10.8. The fraction of sp³-hybridized carbons (Fsp3) is 0.0667. The summed E-state index contributed by atoms with van der Waals surface area (Å²) >= 11 is 0. The molecule has 0 spiro atoms. The minimum Gasteiger partial charge on any atom is -0.0836 e. The average molecular weight is 378 g/mol. The van der Waals surface area contributed by atoms with Crippen LogP contribution in [0.2, 0.25) is 0 Å². The Hall–Kier alpha value is -3.64. The van der Waals surface area contributed by atoms with Crippen molar-refractivity contribution in [1.82, 2.24) is 0 Å². The maximum absolute atomic E-state index is 2.45. The molecular weight excluding hydrogens is 360 g/mol. The Morgan fingerprint density at radius 3 is 2.00 bits per heavy atom. The Labute approximate surface area is 173 Å². The van der Waals surface area contributed by atoms with Gasteiger partial charge in [-0.05, 0) is 107 Å². The predicted molar refractivity (Wildman–Crippen MR) is 131 cm³/mol. The van der Waals surface area contributed by atoms with Gasteiger partial charge in [0.25, 0.3) is 0 Å². The zero-order valence-electron chi connectivity index (χ0n) is 16.5. The van der Waals surface area contributed by atoms with Crippen molar-refractivity contribution in [3.63, 3.8) is 0 Å². The minimum absolute atomic E-state index is 1.15. The first-order chi connectivity index (χ1) is 14.9. The van der Waals surface area contributed by atoms with E-state index in [1.165, 1.54) is 75.8 Å². The number of aryl methyl sites for hydroxylation is 1. The summed E-state index contributed by atoms with van der Waals surface area (Å²) in [6.45, 7) is 0. The van der Waals surface area contributed by atoms with Gasteiger partial charge in [-0.1, -0.05) is 66.7 Å². The lowest BCUT2D eigenvalue weighted by Gasteiger charge is -2.21. The van der Waals surface area contributed by atoms with Crippen molar-refractivity contribution in [1.29, 1.82) is 0 Å². The van der Waals surface area contributed by atoms with Crippen LogP contribution in [0.3, 0.4) is 0 Å². The van der Waals surface area contributed by atoms with Crippen molar-refractivity contribution >= 4 is 70.7 Å². The van der Waals surface area contributed by atoms with Crippen LogP contribution in [0, 0.1) is 0 Å². The highest BCUT2D eigenvalue weighted by atomic mass is 14.2. The Morgan fingerprint density at radius 1 is 0.500 bits per heavy atom. The number of fused-ring (bicyclic) bond motifs is 4. The van der Waals surface area contributed by atoms with Crippen molar-refractivity contribution in [2.45, 2.75) is 12.8 Å². The van der Waals surface area contributed by atoms with Gasteiger partial charge in [0.15, 0.2) is 0 Å². The Kier molecular flexibility index (Phi) is 2.59. The lowest BCUT2D eigenvalue weighted by Crippen LogP contribution is -1.97. The van der Waals surface area contributed by atoms with Crippen LogP contribution < -0.4 is 0 Å². The van der Waals surface area contributed by atoms with Gasteiger partial charge in [-0.25, -0.2) is 0 Å². The molecule has 8 rings (SSSR count). The van der Waals surface area contributed by atoms with Gasteiger partial charge in [0.05, 0.1) is 0 Å². The summed E-state index contributed by atoms with van der Waals surface area (Å²) in [4.78, 5) is 0. The Balaban J connectivity index is 1.74. The van der Waals surface area contributed by atoms with Crippen molar-refractivity contribution in [2.75, 3.05) is 0 Å². The normalized spacial score (nSPS) is 14.3. The highest BCUT2D eigenvalue weighted by Gasteiger charge is 2.19. The molecule has 138 valence electrons. The zero-order chi connectivity index (χ0) is 19.4. The molecule has 30 heavy (non-hydrogen) atoms. The summed E-state index contributed by atoms with van der Waals surface area (Å²) in [7, 11) is 0. The summed E-state index contributed by atoms with van der Waals surface area (Å²) in [6, 6.07) is 27.8. The molecule has 0 aliphatic heterocycles. The molecule has 1 aliphatic carbocycles. The minimum atomic E-state index is 1.15. The van der Waals surface area contributed by atoms with Crippen LogP contribution in [-0.2, 0) is 6.42 Å². The molecule has 7 aromatic carbocycles. The monoisotopic (exact) mass is 378 g/mol. The molecule has 0 aromatic heterocycles. The fourth-order valence-corrected chi connectivity index (χ4v) is 6.07. The molecule has 0 saturated carbocycles. The van der Waals surface area contributed by atoms with E-state index in [4.69, 9.17) is 0 Å². The molecule has 1 aliphatic rings. The van der Waals surface area contributed by atoms with E-state index in [2.05, 4.69) is 84.9 Å². The number of hydrogen-bond acceptors (Lipinski definition) is 0. The zero-order valence-corrected chi connectivity index (χ0v) is 16.5. The summed E-state index contributed by atoms with van der Waals surface area (Å²) in [6.07, 6.45) is 6.97. The van der Waals surface area contributed by atoms with Crippen molar-refractivity contribution in [3.05, 3.63) is 90.0 Å². The summed E-state index contributed by atoms with van der Waals surface area (Å²) in [5.74, 6) is 0. The molecule has 0 fully saturated rings. The SMILES string of the molecule is C1=Cc2c(cc3ccc4cc5c6ccccc6cc6ccc7cc2c3c4c7c65)CC1. The van der Waals surface area contributed by atoms with Crippen LogP contribution in [0.25, 0.3) is 70.7 Å². The Bertz CT molecular complexity index is 1830. The van der Waals surface area contributed by atoms with E-state index in [-0.39, 0.29) is 0 Å². The van der Waals surface area contributed by atoms with Crippen LogP contribution in [0.5, 0.6) is 0 Å². The smallest absolute Gasteiger partial charge is 0.00139 e. The molecule has 7 aromatic rings. The molecule has 0 atom stereocenters. The summed E-state index contributed by atoms with van der Waals surface area (Å²) < 4.78 is 0. The van der Waals surface area contributed by atoms with Crippen molar-refractivity contribution < 1.29 is 0 Å². The highest BCUT2D eigenvalue weighted by molar-refractivity contribution is 6.39. The molecule has 0 nitrogen and oxygen atoms in total. The molecule has 0 N–H and O–H groups in total. The first-order valence-corrected chi connectivity index (χ1v) is 10.8. The molecule has 0 radical (unpaired) electrons. The molecule has 0 unspecified atom stereocenters. The van der Waals surface area contributed by atoms with E-state index in [1.54, 1.807) is 0 Å². The van der Waals surface area contributed by atoms with E-state index < -0.39 is 0 Å². The molecular formula is C30H18. The van der Waals surface area contributed by atoms with E-state index in [0.717, 1.165) is 12.8 Å². The highest BCUT2D eigenvalue weighted by Crippen LogP contribution is 2.46. The Morgan fingerprint density at radius 2 is 1.17 bits per heavy atom. The van der Waals surface area contributed by atoms with Gasteiger partial charge < -0.3 is 0 Å². The molecule has 0 bridgehead atoms. The lowest BCUT2D eigenvalue weighted by molar-refractivity contribution is 0.992. The fourth-order valence-electron chi connectivity index (χ4n) is 6.07. The maximum atomic E-state index is 2.45. The lowest BCUT2D eigenvalue weighted by atomic mass is 9.82. The van der Waals surface area contributed by atoms with Gasteiger partial charge in [0.1, 0.15) is 0 Å². The number of benzene rings is 7. The maximum Gasteiger partial charge on any atom is -0.00139 e. The van der Waals surface area contributed by atoms with E-state index >= 15 is 0 Å². The van der Waals surface area contributed by atoms with Crippen LogP contribution >= 0.6 is 0 Å². The second kappa shape index (κ2) is 5.09. The largest absolute Gasteiger partial charge is 0.0836 e. The van der Waals surface area contributed by atoms with Gasteiger partial charge in [0.2, 0.25) is 0 Å². The topological polar surface area (TPSA) is 0 Å².